The van der Waals surface area contributed by atoms with Crippen LogP contribution in [0.1, 0.15) is 17.2 Å². The van der Waals surface area contributed by atoms with Crippen LogP contribution in [0.2, 0.25) is 5.02 Å². The molecule has 0 saturated carbocycles. The van der Waals surface area contributed by atoms with Crippen LogP contribution in [0, 0.1) is 0 Å². The predicted molar refractivity (Wildman–Crippen MR) is 73.1 cm³/mol. The van der Waals surface area contributed by atoms with Gasteiger partial charge >= 0.3 is 0 Å². The fourth-order valence-electron chi connectivity index (χ4n) is 1.79. The van der Waals surface area contributed by atoms with Gasteiger partial charge in [0.25, 0.3) is 0 Å². The van der Waals surface area contributed by atoms with Gasteiger partial charge in [0.05, 0.1) is 13.2 Å². The van der Waals surface area contributed by atoms with Crippen molar-refractivity contribution in [3.8, 4) is 5.75 Å². The van der Waals surface area contributed by atoms with Gasteiger partial charge in [-0.2, -0.15) is 0 Å². The Morgan fingerprint density at radius 1 is 1.06 bits per heavy atom. The highest BCUT2D eigenvalue weighted by Gasteiger charge is 2.08. The topological polar surface area (TPSA) is 29.5 Å². The molecule has 0 saturated heterocycles. The van der Waals surface area contributed by atoms with E-state index in [1.165, 1.54) is 0 Å². The lowest BCUT2D eigenvalue weighted by molar-refractivity contribution is 0.178. The Balaban J connectivity index is 2.06. The van der Waals surface area contributed by atoms with E-state index in [9.17, 15) is 5.11 Å². The highest BCUT2D eigenvalue weighted by molar-refractivity contribution is 6.30. The SMILES string of the molecule is COc1ccc([C@H](O)Cc2ccc(Cl)cc2)cc1. The molecule has 94 valence electrons. The Morgan fingerprint density at radius 3 is 2.22 bits per heavy atom. The molecule has 0 aromatic heterocycles. The van der Waals surface area contributed by atoms with E-state index in [-0.39, 0.29) is 0 Å². The molecular weight excluding hydrogens is 248 g/mol. The van der Waals surface area contributed by atoms with Crippen LogP contribution < -0.4 is 4.74 Å². The first kappa shape index (κ1) is 12.9. The van der Waals surface area contributed by atoms with Crippen molar-refractivity contribution in [3.63, 3.8) is 0 Å². The van der Waals surface area contributed by atoms with Crippen molar-refractivity contribution in [2.75, 3.05) is 7.11 Å². The molecule has 18 heavy (non-hydrogen) atoms. The van der Waals surface area contributed by atoms with E-state index in [1.54, 1.807) is 7.11 Å². The number of ether oxygens (including phenoxy) is 1. The molecule has 0 radical (unpaired) electrons. The molecule has 2 aromatic rings. The Hall–Kier alpha value is -1.51. The predicted octanol–water partition coefficient (Wildman–Crippen LogP) is 3.62. The Morgan fingerprint density at radius 2 is 1.67 bits per heavy atom. The normalized spacial score (nSPS) is 12.2. The average Bonchev–Trinajstić information content (AvgIpc) is 2.41. The summed E-state index contributed by atoms with van der Waals surface area (Å²) in [5.74, 6) is 0.789. The molecule has 0 aliphatic carbocycles. The molecule has 0 heterocycles. The molecule has 1 atom stereocenters. The average molecular weight is 263 g/mol. The van der Waals surface area contributed by atoms with Crippen molar-refractivity contribution < 1.29 is 9.84 Å². The molecule has 2 nitrogen and oxygen atoms in total. The van der Waals surface area contributed by atoms with Crippen LogP contribution in [0.4, 0.5) is 0 Å². The van der Waals surface area contributed by atoms with Crippen molar-refractivity contribution in [2.24, 2.45) is 0 Å². The van der Waals surface area contributed by atoms with Crippen LogP contribution in [-0.2, 0) is 6.42 Å². The van der Waals surface area contributed by atoms with Gasteiger partial charge in [-0.25, -0.2) is 0 Å². The lowest BCUT2D eigenvalue weighted by Gasteiger charge is -2.11. The van der Waals surface area contributed by atoms with E-state index in [0.29, 0.717) is 11.4 Å². The number of aliphatic hydroxyl groups is 1. The summed E-state index contributed by atoms with van der Waals surface area (Å²) in [4.78, 5) is 0. The monoisotopic (exact) mass is 262 g/mol. The first-order valence-electron chi connectivity index (χ1n) is 5.75. The summed E-state index contributed by atoms with van der Waals surface area (Å²) < 4.78 is 5.08. The first-order chi connectivity index (χ1) is 8.69. The first-order valence-corrected chi connectivity index (χ1v) is 6.13. The molecular formula is C15H15ClO2. The maximum absolute atomic E-state index is 10.1. The minimum absolute atomic E-state index is 0.517. The van der Waals surface area contributed by atoms with Crippen LogP contribution in [0.3, 0.4) is 0 Å². The summed E-state index contributed by atoms with van der Waals surface area (Å²) in [5, 5.41) is 10.8. The number of hydrogen-bond acceptors (Lipinski definition) is 2. The molecule has 2 rings (SSSR count). The fraction of sp³-hybridized carbons (Fsp3) is 0.200. The second kappa shape index (κ2) is 5.89. The van der Waals surface area contributed by atoms with Crippen molar-refractivity contribution in [1.82, 2.24) is 0 Å². The zero-order valence-corrected chi connectivity index (χ0v) is 10.9. The zero-order valence-electron chi connectivity index (χ0n) is 10.1. The Labute approximate surface area is 112 Å². The van der Waals surface area contributed by atoms with Crippen molar-refractivity contribution in [2.45, 2.75) is 12.5 Å². The van der Waals surface area contributed by atoms with Gasteiger partial charge < -0.3 is 9.84 Å². The molecule has 0 spiro atoms. The van der Waals surface area contributed by atoms with Crippen molar-refractivity contribution >= 4 is 11.6 Å². The van der Waals surface area contributed by atoms with E-state index >= 15 is 0 Å². The number of aliphatic hydroxyl groups excluding tert-OH is 1. The van der Waals surface area contributed by atoms with Gasteiger partial charge in [-0.15, -0.1) is 0 Å². The molecule has 1 N–H and O–H groups in total. The van der Waals surface area contributed by atoms with Crippen LogP contribution in [0.15, 0.2) is 48.5 Å². The van der Waals surface area contributed by atoms with E-state index < -0.39 is 6.10 Å². The highest BCUT2D eigenvalue weighted by atomic mass is 35.5. The third-order valence-corrected chi connectivity index (χ3v) is 3.09. The molecule has 2 aromatic carbocycles. The van der Waals surface area contributed by atoms with Gasteiger partial charge in [0, 0.05) is 11.4 Å². The summed E-state index contributed by atoms with van der Waals surface area (Å²) in [6, 6.07) is 15.0. The largest absolute Gasteiger partial charge is 0.497 e. The third-order valence-electron chi connectivity index (χ3n) is 2.84. The second-order valence-corrected chi connectivity index (χ2v) is 4.56. The molecule has 0 amide bonds. The van der Waals surface area contributed by atoms with Crippen LogP contribution >= 0.6 is 11.6 Å². The zero-order chi connectivity index (χ0) is 13.0. The van der Waals surface area contributed by atoms with Gasteiger partial charge in [0.1, 0.15) is 5.75 Å². The summed E-state index contributed by atoms with van der Waals surface area (Å²) in [6.45, 7) is 0. The molecule has 3 heteroatoms. The van der Waals surface area contributed by atoms with Gasteiger partial charge in [-0.05, 0) is 35.4 Å². The van der Waals surface area contributed by atoms with Crippen LogP contribution in [-0.4, -0.2) is 12.2 Å². The lowest BCUT2D eigenvalue weighted by atomic mass is 10.0. The number of rotatable bonds is 4. The summed E-state index contributed by atoms with van der Waals surface area (Å²) in [7, 11) is 1.62. The number of halogens is 1. The van der Waals surface area contributed by atoms with Crippen LogP contribution in [0.5, 0.6) is 5.75 Å². The number of hydrogen-bond donors (Lipinski definition) is 1. The van der Waals surface area contributed by atoms with Crippen molar-refractivity contribution in [3.05, 3.63) is 64.7 Å². The maximum Gasteiger partial charge on any atom is 0.118 e. The summed E-state index contributed by atoms with van der Waals surface area (Å²) in [6.07, 6.45) is 0.0563. The van der Waals surface area contributed by atoms with E-state index in [2.05, 4.69) is 0 Å². The minimum atomic E-state index is -0.517. The Bertz CT molecular complexity index is 491. The quantitative estimate of drug-likeness (QED) is 0.912. The fourth-order valence-corrected chi connectivity index (χ4v) is 1.91. The van der Waals surface area contributed by atoms with E-state index in [4.69, 9.17) is 16.3 Å². The summed E-state index contributed by atoms with van der Waals surface area (Å²) in [5.41, 5.74) is 1.94. The second-order valence-electron chi connectivity index (χ2n) is 4.12. The molecule has 0 unspecified atom stereocenters. The van der Waals surface area contributed by atoms with Crippen molar-refractivity contribution in [1.29, 1.82) is 0 Å². The van der Waals surface area contributed by atoms with Gasteiger partial charge in [-0.1, -0.05) is 35.9 Å². The van der Waals surface area contributed by atoms with Gasteiger partial charge in [-0.3, -0.25) is 0 Å². The van der Waals surface area contributed by atoms with E-state index in [0.717, 1.165) is 16.9 Å². The number of methoxy groups -OCH3 is 1. The molecule has 0 aliphatic rings. The third kappa shape index (κ3) is 3.25. The smallest absolute Gasteiger partial charge is 0.118 e. The standard InChI is InChI=1S/C15H15ClO2/c1-18-14-8-4-12(5-9-14)15(17)10-11-2-6-13(16)7-3-11/h2-9,15,17H,10H2,1H3/t15-/m1/s1. The van der Waals surface area contributed by atoms with Gasteiger partial charge in [0.15, 0.2) is 0 Å². The minimum Gasteiger partial charge on any atom is -0.497 e. The van der Waals surface area contributed by atoms with Gasteiger partial charge in [0.2, 0.25) is 0 Å². The Kier molecular flexibility index (Phi) is 4.24. The van der Waals surface area contributed by atoms with E-state index in [1.807, 2.05) is 48.5 Å². The van der Waals surface area contributed by atoms with Crippen LogP contribution in [0.25, 0.3) is 0 Å². The molecule has 0 bridgehead atoms. The summed E-state index contributed by atoms with van der Waals surface area (Å²) >= 11 is 5.82. The highest BCUT2D eigenvalue weighted by Crippen LogP contribution is 2.21. The lowest BCUT2D eigenvalue weighted by Crippen LogP contribution is -2.01. The number of benzene rings is 2. The molecule has 0 aliphatic heterocycles. The maximum atomic E-state index is 10.1. The molecule has 0 fully saturated rings.